The number of nitrogens with one attached hydrogen (secondary N) is 2. The molecule has 0 aliphatic rings. The van der Waals surface area contributed by atoms with Gasteiger partial charge in [0.1, 0.15) is 5.69 Å². The number of rotatable bonds is 3. The van der Waals surface area contributed by atoms with Crippen LogP contribution in [0.3, 0.4) is 0 Å². The highest BCUT2D eigenvalue weighted by Gasteiger charge is 2.15. The van der Waals surface area contributed by atoms with Gasteiger partial charge in [0.25, 0.3) is 5.69 Å². The fourth-order valence-electron chi connectivity index (χ4n) is 1.27. The van der Waals surface area contributed by atoms with E-state index in [1.807, 2.05) is 0 Å². The van der Waals surface area contributed by atoms with Crippen molar-refractivity contribution in [2.75, 3.05) is 10.6 Å². The first-order valence-electron chi connectivity index (χ1n) is 4.74. The first-order valence-corrected chi connectivity index (χ1v) is 4.74. The molecule has 0 spiro atoms. The molecule has 1 rings (SSSR count). The van der Waals surface area contributed by atoms with Crippen molar-refractivity contribution in [3.8, 4) is 0 Å². The van der Waals surface area contributed by atoms with E-state index in [1.54, 1.807) is 0 Å². The van der Waals surface area contributed by atoms with Crippen LogP contribution in [-0.2, 0) is 9.59 Å². The fraction of sp³-hybridized carbons (Fsp3) is 0.200. The van der Waals surface area contributed by atoms with Crippen LogP contribution in [0.4, 0.5) is 17.1 Å². The first kappa shape index (κ1) is 12.6. The van der Waals surface area contributed by atoms with Gasteiger partial charge in [-0.05, 0) is 12.1 Å². The molecule has 0 aromatic heterocycles. The van der Waals surface area contributed by atoms with Gasteiger partial charge in [-0.1, -0.05) is 0 Å². The molecule has 2 amide bonds. The third-order valence-corrected chi connectivity index (χ3v) is 1.82. The van der Waals surface area contributed by atoms with Crippen LogP contribution in [0.5, 0.6) is 0 Å². The Balaban J connectivity index is 3.13. The van der Waals surface area contributed by atoms with E-state index in [0.29, 0.717) is 5.69 Å². The zero-order valence-electron chi connectivity index (χ0n) is 9.31. The molecule has 1 aromatic carbocycles. The summed E-state index contributed by atoms with van der Waals surface area (Å²) in [7, 11) is 0. The second-order valence-corrected chi connectivity index (χ2v) is 3.35. The molecule has 0 aliphatic heterocycles. The van der Waals surface area contributed by atoms with Gasteiger partial charge in [-0.15, -0.1) is 0 Å². The molecule has 0 bridgehead atoms. The normalized spacial score (nSPS) is 9.53. The third kappa shape index (κ3) is 3.56. The average molecular weight is 237 g/mol. The molecule has 0 radical (unpaired) electrons. The lowest BCUT2D eigenvalue weighted by Gasteiger charge is -2.06. The molecule has 0 saturated carbocycles. The van der Waals surface area contributed by atoms with Gasteiger partial charge in [0.2, 0.25) is 11.8 Å². The highest BCUT2D eigenvalue weighted by molar-refractivity contribution is 5.94. The van der Waals surface area contributed by atoms with Crippen LogP contribution in [0.1, 0.15) is 13.8 Å². The zero-order valence-corrected chi connectivity index (χ0v) is 9.31. The lowest BCUT2D eigenvalue weighted by Crippen LogP contribution is -2.10. The van der Waals surface area contributed by atoms with Gasteiger partial charge in [-0.25, -0.2) is 0 Å². The molecule has 0 heterocycles. The Bertz CT molecular complexity index is 484. The number of hydrogen-bond donors (Lipinski definition) is 2. The average Bonchev–Trinajstić information content (AvgIpc) is 2.15. The second kappa shape index (κ2) is 5.06. The minimum Gasteiger partial charge on any atom is -0.326 e. The van der Waals surface area contributed by atoms with Gasteiger partial charge in [0.15, 0.2) is 0 Å². The number of amides is 2. The molecule has 0 atom stereocenters. The summed E-state index contributed by atoms with van der Waals surface area (Å²) in [5, 5.41) is 15.5. The predicted octanol–water partition coefficient (Wildman–Crippen LogP) is 1.51. The van der Waals surface area contributed by atoms with Crippen molar-refractivity contribution in [1.82, 2.24) is 0 Å². The van der Waals surface area contributed by atoms with Crippen LogP contribution in [0.25, 0.3) is 0 Å². The topological polar surface area (TPSA) is 101 Å². The van der Waals surface area contributed by atoms with E-state index in [4.69, 9.17) is 0 Å². The van der Waals surface area contributed by atoms with Crippen molar-refractivity contribution in [3.63, 3.8) is 0 Å². The highest BCUT2D eigenvalue weighted by Crippen LogP contribution is 2.27. The molecule has 1 aromatic rings. The molecule has 7 nitrogen and oxygen atoms in total. The summed E-state index contributed by atoms with van der Waals surface area (Å²) in [5.74, 6) is -0.722. The Morgan fingerprint density at radius 1 is 1.18 bits per heavy atom. The summed E-state index contributed by atoms with van der Waals surface area (Å²) in [5.41, 5.74) is 0.204. The Labute approximate surface area is 97.0 Å². The fourth-order valence-corrected chi connectivity index (χ4v) is 1.27. The van der Waals surface area contributed by atoms with Crippen molar-refractivity contribution in [2.24, 2.45) is 0 Å². The molecule has 0 fully saturated rings. The summed E-state index contributed by atoms with van der Waals surface area (Å²) in [4.78, 5) is 31.8. The van der Waals surface area contributed by atoms with Gasteiger partial charge in [-0.3, -0.25) is 19.7 Å². The number of nitro benzene ring substituents is 1. The number of carbonyl (C=O) groups excluding carboxylic acids is 2. The summed E-state index contributed by atoms with van der Waals surface area (Å²) in [6.07, 6.45) is 0. The molecule has 7 heteroatoms. The van der Waals surface area contributed by atoms with E-state index in [2.05, 4.69) is 10.6 Å². The number of carbonyl (C=O) groups is 2. The van der Waals surface area contributed by atoms with E-state index in [-0.39, 0.29) is 17.3 Å². The number of nitrogens with zero attached hydrogens (tertiary/aromatic N) is 1. The maximum absolute atomic E-state index is 10.9. The van der Waals surface area contributed by atoms with Crippen LogP contribution in [0.2, 0.25) is 0 Å². The van der Waals surface area contributed by atoms with Gasteiger partial charge >= 0.3 is 0 Å². The van der Waals surface area contributed by atoms with Gasteiger partial charge in [-0.2, -0.15) is 0 Å². The Hall–Kier alpha value is -2.44. The molecule has 2 N–H and O–H groups in total. The molecule has 90 valence electrons. The quantitative estimate of drug-likeness (QED) is 0.614. The maximum Gasteiger partial charge on any atom is 0.292 e. The SMILES string of the molecule is CC(=O)Nc1ccc([N+](=O)[O-])c(NC(C)=O)c1. The summed E-state index contributed by atoms with van der Waals surface area (Å²) >= 11 is 0. The minimum absolute atomic E-state index is 0.0498. The van der Waals surface area contributed by atoms with Crippen molar-refractivity contribution in [3.05, 3.63) is 28.3 Å². The van der Waals surface area contributed by atoms with Crippen molar-refractivity contribution in [1.29, 1.82) is 0 Å². The molecular weight excluding hydrogens is 226 g/mol. The Morgan fingerprint density at radius 3 is 2.24 bits per heavy atom. The van der Waals surface area contributed by atoms with Crippen molar-refractivity contribution in [2.45, 2.75) is 13.8 Å². The summed E-state index contributed by atoms with van der Waals surface area (Å²) in [6, 6.07) is 3.95. The second-order valence-electron chi connectivity index (χ2n) is 3.35. The van der Waals surface area contributed by atoms with Gasteiger partial charge in [0, 0.05) is 25.6 Å². The molecule has 17 heavy (non-hydrogen) atoms. The van der Waals surface area contributed by atoms with E-state index >= 15 is 0 Å². The molecule has 0 aliphatic carbocycles. The number of hydrogen-bond acceptors (Lipinski definition) is 4. The zero-order chi connectivity index (χ0) is 13.0. The number of nitro groups is 1. The maximum atomic E-state index is 10.9. The van der Waals surface area contributed by atoms with Gasteiger partial charge in [0.05, 0.1) is 4.92 Å². The smallest absolute Gasteiger partial charge is 0.292 e. The van der Waals surface area contributed by atoms with E-state index < -0.39 is 10.8 Å². The molecular formula is C10H11N3O4. The standard InChI is InChI=1S/C10H11N3O4/c1-6(14)11-8-3-4-10(13(16)17)9(5-8)12-7(2)15/h3-5H,1-2H3,(H,11,14)(H,12,15). The van der Waals surface area contributed by atoms with Crippen LogP contribution in [0.15, 0.2) is 18.2 Å². The first-order chi connectivity index (χ1) is 7.90. The Kier molecular flexibility index (Phi) is 3.76. The Morgan fingerprint density at radius 2 is 1.76 bits per heavy atom. The minimum atomic E-state index is -0.608. The van der Waals surface area contributed by atoms with Crippen LogP contribution in [0, 0.1) is 10.1 Å². The van der Waals surface area contributed by atoms with Crippen LogP contribution < -0.4 is 10.6 Å². The highest BCUT2D eigenvalue weighted by atomic mass is 16.6. The summed E-state index contributed by atoms with van der Waals surface area (Å²) < 4.78 is 0. The van der Waals surface area contributed by atoms with Crippen molar-refractivity contribution >= 4 is 28.9 Å². The van der Waals surface area contributed by atoms with Crippen molar-refractivity contribution < 1.29 is 14.5 Å². The predicted molar refractivity (Wildman–Crippen MR) is 61.7 cm³/mol. The third-order valence-electron chi connectivity index (χ3n) is 1.82. The largest absolute Gasteiger partial charge is 0.326 e. The van der Waals surface area contributed by atoms with Gasteiger partial charge < -0.3 is 10.6 Å². The summed E-state index contributed by atoms with van der Waals surface area (Å²) in [6.45, 7) is 2.56. The lowest BCUT2D eigenvalue weighted by molar-refractivity contribution is -0.383. The molecule has 0 unspecified atom stereocenters. The molecule has 0 saturated heterocycles. The number of benzene rings is 1. The van der Waals surface area contributed by atoms with E-state index in [1.165, 1.54) is 32.0 Å². The van der Waals surface area contributed by atoms with Crippen LogP contribution in [-0.4, -0.2) is 16.7 Å². The monoisotopic (exact) mass is 237 g/mol. The van der Waals surface area contributed by atoms with Crippen LogP contribution >= 0.6 is 0 Å². The van der Waals surface area contributed by atoms with E-state index in [9.17, 15) is 19.7 Å². The lowest BCUT2D eigenvalue weighted by atomic mass is 10.2. The number of anilines is 2. The van der Waals surface area contributed by atoms with E-state index in [0.717, 1.165) is 0 Å².